The molecule has 10 heterocycles. The van der Waals surface area contributed by atoms with Crippen LogP contribution in [0.3, 0.4) is 0 Å². The van der Waals surface area contributed by atoms with Gasteiger partial charge in [0.2, 0.25) is 0 Å². The second-order valence-corrected chi connectivity index (χ2v) is 32.3. The summed E-state index contributed by atoms with van der Waals surface area (Å²) in [5.41, 5.74) is 36.5. The lowest BCUT2D eigenvalue weighted by Gasteiger charge is -2.36. The molecule has 5 unspecified atom stereocenters. The first-order chi connectivity index (χ1) is 65.6. The number of nitrogens with zero attached hydrogens (tertiary/aromatic N) is 4. The van der Waals surface area contributed by atoms with Gasteiger partial charge in [-0.1, -0.05) is 72.8 Å². The lowest BCUT2D eigenvalue weighted by atomic mass is 9.77. The molecular formula is C102H65N9O25. The summed E-state index contributed by atoms with van der Waals surface area (Å²) >= 11 is 0. The van der Waals surface area contributed by atoms with Gasteiger partial charge in [-0.05, 0) is 133 Å². The summed E-state index contributed by atoms with van der Waals surface area (Å²) < 4.78 is 70.3. The smallest absolute Gasteiger partial charge is 0.340 e. The van der Waals surface area contributed by atoms with Gasteiger partial charge in [-0.2, -0.15) is 0 Å². The van der Waals surface area contributed by atoms with Crippen LogP contribution in [0.1, 0.15) is 135 Å². The minimum atomic E-state index is -1.48. The third kappa shape index (κ3) is 12.7. The van der Waals surface area contributed by atoms with E-state index in [9.17, 15) is 64.4 Å². The number of para-hydroxylation sites is 1. The molecule has 0 bridgehead atoms. The fourth-order valence-electron chi connectivity index (χ4n) is 19.1. The molecule has 5 atom stereocenters. The molecule has 0 saturated carbocycles. The molecule has 0 aromatic heterocycles. The molecule has 34 heteroatoms. The van der Waals surface area contributed by atoms with Gasteiger partial charge < -0.3 is 85.5 Å². The lowest BCUT2D eigenvalue weighted by molar-refractivity contribution is -0.385. The van der Waals surface area contributed by atoms with Gasteiger partial charge in [-0.3, -0.25) is 40.5 Å². The molecule has 136 heavy (non-hydrogen) atoms. The van der Waals surface area contributed by atoms with E-state index in [2.05, 4.69) is 0 Å². The number of nitro groups is 4. The zero-order valence-corrected chi connectivity index (χ0v) is 70.7. The third-order valence-corrected chi connectivity index (χ3v) is 25.0. The van der Waals surface area contributed by atoms with Crippen LogP contribution in [-0.4, -0.2) is 63.8 Å². The minimum absolute atomic E-state index is 0.0400. The van der Waals surface area contributed by atoms with Crippen molar-refractivity contribution in [3.05, 3.63) is 449 Å². The second-order valence-electron chi connectivity index (χ2n) is 32.3. The Kier molecular flexibility index (Phi) is 19.1. The van der Waals surface area contributed by atoms with E-state index in [1.807, 2.05) is 97.1 Å². The number of nitrogen functional groups attached to an aromatic ring is 5. The summed E-state index contributed by atoms with van der Waals surface area (Å²) in [6.45, 7) is 0. The van der Waals surface area contributed by atoms with Crippen LogP contribution in [-0.2, 0) is 51.7 Å². The van der Waals surface area contributed by atoms with E-state index in [1.54, 1.807) is 141 Å². The number of benzene rings is 15. The SMILES string of the molecule is COc1ccc2c(c1)Oc1cc(N)ccc1C21OC(=O)c2cc([N+](=O)[O-])ccc21.COc1ccc2c(c1)Oc1cc(N)ccc1C21OC(=O)c2ccccc21.Nc1ccc2c(c1)Oc1cc([N+](=O)[O-])ccc1C21OC(=O)c2cc([N+](=O)[O-])ccc21.Nc1ccc2c(c1)Oc1cc([N+](=O)[O-])ccc1C21OC(=O)c2ccccc21.Nc1ccc2c(c1)Oc1ccccc1C21OC(=O)c2ccccc21. The van der Waals surface area contributed by atoms with Crippen LogP contribution in [0.5, 0.6) is 69.0 Å². The summed E-state index contributed by atoms with van der Waals surface area (Å²) in [6, 6.07) is 82.4. The monoisotopic (exact) mass is 1820 g/mol. The van der Waals surface area contributed by atoms with Crippen molar-refractivity contribution in [2.75, 3.05) is 42.9 Å². The van der Waals surface area contributed by atoms with Crippen molar-refractivity contribution in [3.63, 3.8) is 0 Å². The number of hydrogen-bond donors (Lipinski definition) is 5. The standard InChI is InChI=1S/C21H14N2O6.C21H15NO4.C20H11N3O7.C20H12N2O5.C20H13NO3/c1-27-13-4-7-17-19(10-13)28-18-8-11(22)2-5-16(18)21(17)15-6-3-12(23(25)26)9-14(15)20(24)29-21;1-24-13-7-9-17-19(11-13)25-18-10-12(22)6-8-16(18)21(17)15-5-3-2-4-14(15)20(23)26-21;21-10-1-4-15-17(7-10)29-18-9-12(23(27)28)3-6-16(18)20(15)14-5-2-11(22(25)26)8-13(14)19(24)30-20;21-11-5-7-15-17(9-11)26-18-10-12(22(24)25)6-8-16(18)20(15)14-4-2-1-3-13(14)19(23)27-20;21-12-9-10-16-18(11-12)23-17-8-4-3-7-15(17)20(16)14-6-2-1-5-13(14)19(22)24-20/h2-10H,22H2,1H3;2-11H,22H2,1H3;1-9H,21H2;1-10H,21H2;1-11H,21H2. The molecule has 0 fully saturated rings. The fourth-order valence-corrected chi connectivity index (χ4v) is 19.1. The number of hydrogen-bond acceptors (Lipinski definition) is 30. The Labute approximate surface area is 766 Å². The molecule has 668 valence electrons. The molecule has 5 spiro atoms. The van der Waals surface area contributed by atoms with Gasteiger partial charge in [0.15, 0.2) is 28.0 Å². The predicted molar refractivity (Wildman–Crippen MR) is 485 cm³/mol. The number of rotatable bonds is 6. The van der Waals surface area contributed by atoms with Crippen LogP contribution < -0.4 is 61.8 Å². The van der Waals surface area contributed by atoms with Crippen molar-refractivity contribution in [1.29, 1.82) is 0 Å². The highest BCUT2D eigenvalue weighted by Gasteiger charge is 2.60. The quantitative estimate of drug-likeness (QED) is 0.0339. The molecule has 10 aliphatic heterocycles. The summed E-state index contributed by atoms with van der Waals surface area (Å²) in [5, 5.41) is 44.8. The van der Waals surface area contributed by atoms with Gasteiger partial charge in [-0.25, -0.2) is 24.0 Å². The van der Waals surface area contributed by atoms with Crippen molar-refractivity contribution in [2.24, 2.45) is 0 Å². The van der Waals surface area contributed by atoms with Crippen molar-refractivity contribution >= 4 is 81.0 Å². The average Bonchev–Trinajstić information content (AvgIpc) is 1.52. The van der Waals surface area contributed by atoms with Crippen LogP contribution in [0.15, 0.2) is 297 Å². The first-order valence-electron chi connectivity index (χ1n) is 41.6. The molecule has 0 amide bonds. The Balaban J connectivity index is 0.000000102. The summed E-state index contributed by atoms with van der Waals surface area (Å²) in [7, 11) is 3.13. The average molecular weight is 1820 g/mol. The zero-order valence-electron chi connectivity index (χ0n) is 70.7. The highest BCUT2D eigenvalue weighted by atomic mass is 16.6. The van der Waals surface area contributed by atoms with Crippen LogP contribution in [0.2, 0.25) is 0 Å². The molecule has 34 nitrogen and oxygen atoms in total. The molecule has 15 aromatic rings. The van der Waals surface area contributed by atoms with E-state index < -0.39 is 65.6 Å². The largest absolute Gasteiger partial charge is 0.497 e. The highest BCUT2D eigenvalue weighted by Crippen LogP contribution is 2.64. The molecule has 0 saturated heterocycles. The number of esters is 5. The predicted octanol–water partition coefficient (Wildman–Crippen LogP) is 18.8. The summed E-state index contributed by atoms with van der Waals surface area (Å²) in [6.07, 6.45) is 0. The maximum atomic E-state index is 12.8. The normalized spacial score (nSPS) is 18.8. The Bertz CT molecular complexity index is 7880. The maximum Gasteiger partial charge on any atom is 0.340 e. The van der Waals surface area contributed by atoms with Crippen LogP contribution in [0.25, 0.3) is 0 Å². The number of nitrogens with two attached hydrogens (primary N) is 5. The number of carbonyl (C=O) groups is 5. The molecule has 10 N–H and O–H groups in total. The van der Waals surface area contributed by atoms with Crippen molar-refractivity contribution in [3.8, 4) is 69.0 Å². The number of non-ortho nitro benzene ring substituents is 4. The number of anilines is 5. The number of carbonyl (C=O) groups excluding carboxylic acids is 5. The maximum absolute atomic E-state index is 12.8. The van der Waals surface area contributed by atoms with E-state index in [0.29, 0.717) is 147 Å². The first-order valence-corrected chi connectivity index (χ1v) is 41.6. The van der Waals surface area contributed by atoms with E-state index in [4.69, 9.17) is 85.5 Å². The van der Waals surface area contributed by atoms with Crippen LogP contribution in [0.4, 0.5) is 51.2 Å². The first kappa shape index (κ1) is 83.7. The third-order valence-electron chi connectivity index (χ3n) is 25.0. The van der Waals surface area contributed by atoms with Gasteiger partial charge in [0, 0.05) is 191 Å². The fraction of sp³-hybridized carbons (Fsp3) is 0.0686. The molecule has 0 radical (unpaired) electrons. The Morgan fingerprint density at radius 1 is 0.221 bits per heavy atom. The number of methoxy groups -OCH3 is 2. The van der Waals surface area contributed by atoms with Crippen molar-refractivity contribution in [1.82, 2.24) is 0 Å². The Morgan fingerprint density at radius 2 is 0.419 bits per heavy atom. The number of fused-ring (bicyclic) bond motifs is 30. The lowest BCUT2D eigenvalue weighted by Crippen LogP contribution is -2.33. The van der Waals surface area contributed by atoms with Gasteiger partial charge >= 0.3 is 29.8 Å². The topological polar surface area (TPSA) is 499 Å². The van der Waals surface area contributed by atoms with Gasteiger partial charge in [0.05, 0.1) is 73.9 Å². The van der Waals surface area contributed by atoms with Crippen LogP contribution >= 0.6 is 0 Å². The van der Waals surface area contributed by atoms with Gasteiger partial charge in [0.25, 0.3) is 22.7 Å². The summed E-state index contributed by atoms with van der Waals surface area (Å²) in [5.74, 6) is 3.03. The Morgan fingerprint density at radius 3 is 0.699 bits per heavy atom. The highest BCUT2D eigenvalue weighted by molar-refractivity contribution is 6.01. The second kappa shape index (κ2) is 31.0. The molecule has 0 aliphatic carbocycles. The van der Waals surface area contributed by atoms with Gasteiger partial charge in [0.1, 0.15) is 69.0 Å². The molecule has 15 aromatic carbocycles. The van der Waals surface area contributed by atoms with Crippen LogP contribution in [0, 0.1) is 40.5 Å². The molecule has 25 rings (SSSR count). The van der Waals surface area contributed by atoms with Crippen molar-refractivity contribution < 1.29 is 101 Å². The minimum Gasteiger partial charge on any atom is -0.497 e. The molecule has 10 aliphatic rings. The van der Waals surface area contributed by atoms with Gasteiger partial charge in [-0.15, -0.1) is 0 Å². The van der Waals surface area contributed by atoms with E-state index >= 15 is 0 Å². The Hall–Kier alpha value is -19.1. The van der Waals surface area contributed by atoms with E-state index in [1.165, 1.54) is 67.8 Å². The van der Waals surface area contributed by atoms with E-state index in [-0.39, 0.29) is 63.1 Å². The number of ether oxygens (including phenoxy) is 12. The summed E-state index contributed by atoms with van der Waals surface area (Å²) in [4.78, 5) is 106. The number of nitro benzene ring substituents is 4. The molecular weight excluding hydrogens is 1750 g/mol. The zero-order chi connectivity index (χ0) is 94.5. The van der Waals surface area contributed by atoms with Crippen molar-refractivity contribution in [2.45, 2.75) is 28.0 Å². The van der Waals surface area contributed by atoms with E-state index in [0.717, 1.165) is 39.4 Å².